The van der Waals surface area contributed by atoms with E-state index in [4.69, 9.17) is 0 Å². The standard InChI is InChI=1S/C8H6FNO4/c1-14-8(11)5-2-6(9)4-7(3-5)10(12)13/h2-4H,1H3. The molecule has 0 aliphatic heterocycles. The molecule has 0 N–H and O–H groups in total. The van der Waals surface area contributed by atoms with Crippen LogP contribution in [0.4, 0.5) is 10.1 Å². The number of rotatable bonds is 2. The van der Waals surface area contributed by atoms with E-state index in [9.17, 15) is 19.3 Å². The van der Waals surface area contributed by atoms with Gasteiger partial charge in [0.1, 0.15) is 5.82 Å². The molecule has 0 spiro atoms. The molecule has 0 aliphatic carbocycles. The van der Waals surface area contributed by atoms with Crippen molar-refractivity contribution in [1.82, 2.24) is 0 Å². The fourth-order valence-electron chi connectivity index (χ4n) is 0.915. The highest BCUT2D eigenvalue weighted by atomic mass is 19.1. The zero-order chi connectivity index (χ0) is 10.7. The molecule has 0 aromatic heterocycles. The van der Waals surface area contributed by atoms with Crippen LogP contribution in [0, 0.1) is 15.9 Å². The molecule has 1 aromatic rings. The van der Waals surface area contributed by atoms with Gasteiger partial charge in [0.15, 0.2) is 0 Å². The molecule has 0 bridgehead atoms. The fourth-order valence-corrected chi connectivity index (χ4v) is 0.915. The van der Waals surface area contributed by atoms with Gasteiger partial charge in [-0.2, -0.15) is 0 Å². The van der Waals surface area contributed by atoms with Crippen molar-refractivity contribution in [1.29, 1.82) is 0 Å². The summed E-state index contributed by atoms with van der Waals surface area (Å²) in [4.78, 5) is 20.4. The van der Waals surface area contributed by atoms with Gasteiger partial charge in [-0.25, -0.2) is 9.18 Å². The summed E-state index contributed by atoms with van der Waals surface area (Å²) in [6.45, 7) is 0. The molecule has 0 radical (unpaired) electrons. The van der Waals surface area contributed by atoms with Crippen LogP contribution in [0.25, 0.3) is 0 Å². The second-order valence-corrected chi connectivity index (χ2v) is 2.45. The highest BCUT2D eigenvalue weighted by Gasteiger charge is 2.14. The summed E-state index contributed by atoms with van der Waals surface area (Å²) in [5.41, 5.74) is -0.662. The highest BCUT2D eigenvalue weighted by molar-refractivity contribution is 5.90. The molecule has 1 aromatic carbocycles. The zero-order valence-electron chi connectivity index (χ0n) is 7.19. The van der Waals surface area contributed by atoms with Crippen molar-refractivity contribution in [2.24, 2.45) is 0 Å². The van der Waals surface area contributed by atoms with Gasteiger partial charge in [-0.3, -0.25) is 10.1 Å². The van der Waals surface area contributed by atoms with Crippen LogP contribution in [0.2, 0.25) is 0 Å². The second kappa shape index (κ2) is 3.82. The van der Waals surface area contributed by atoms with E-state index in [0.717, 1.165) is 25.3 Å². The van der Waals surface area contributed by atoms with E-state index in [1.165, 1.54) is 0 Å². The molecule has 0 saturated heterocycles. The Morgan fingerprint density at radius 3 is 2.64 bits per heavy atom. The molecule has 0 amide bonds. The van der Waals surface area contributed by atoms with Crippen molar-refractivity contribution < 1.29 is 18.8 Å². The number of carbonyl (C=O) groups excluding carboxylic acids is 1. The van der Waals surface area contributed by atoms with E-state index in [0.29, 0.717) is 0 Å². The highest BCUT2D eigenvalue weighted by Crippen LogP contribution is 2.16. The Morgan fingerprint density at radius 2 is 2.14 bits per heavy atom. The third-order valence-corrected chi connectivity index (χ3v) is 1.51. The first kappa shape index (κ1) is 10.1. The minimum atomic E-state index is -0.848. The molecule has 0 saturated carbocycles. The third-order valence-electron chi connectivity index (χ3n) is 1.51. The Hall–Kier alpha value is -1.98. The number of nitro benzene ring substituents is 1. The van der Waals surface area contributed by atoms with Crippen LogP contribution < -0.4 is 0 Å². The van der Waals surface area contributed by atoms with Gasteiger partial charge in [0.25, 0.3) is 5.69 Å². The lowest BCUT2D eigenvalue weighted by molar-refractivity contribution is -0.385. The van der Waals surface area contributed by atoms with Crippen LogP contribution in [0.15, 0.2) is 18.2 Å². The zero-order valence-corrected chi connectivity index (χ0v) is 7.19. The van der Waals surface area contributed by atoms with Gasteiger partial charge in [-0.05, 0) is 6.07 Å². The Labute approximate surface area is 78.3 Å². The quantitative estimate of drug-likeness (QED) is 0.411. The molecule has 6 heteroatoms. The maximum atomic E-state index is 12.8. The first-order valence-corrected chi connectivity index (χ1v) is 3.58. The lowest BCUT2D eigenvalue weighted by Gasteiger charge is -1.98. The van der Waals surface area contributed by atoms with Gasteiger partial charge in [-0.15, -0.1) is 0 Å². The molecule has 74 valence electrons. The van der Waals surface area contributed by atoms with Crippen LogP contribution in [0.1, 0.15) is 10.4 Å². The smallest absolute Gasteiger partial charge is 0.338 e. The van der Waals surface area contributed by atoms with Gasteiger partial charge in [0.05, 0.1) is 23.7 Å². The summed E-state index contributed by atoms with van der Waals surface area (Å²) in [6.07, 6.45) is 0. The van der Waals surface area contributed by atoms with Gasteiger partial charge in [0.2, 0.25) is 0 Å². The van der Waals surface area contributed by atoms with E-state index in [1.54, 1.807) is 0 Å². The molecule has 14 heavy (non-hydrogen) atoms. The van der Waals surface area contributed by atoms with Crippen LogP contribution in [0.3, 0.4) is 0 Å². The number of methoxy groups -OCH3 is 1. The second-order valence-electron chi connectivity index (χ2n) is 2.45. The SMILES string of the molecule is COC(=O)c1cc(F)cc([N+](=O)[O-])c1. The molecule has 0 fully saturated rings. The summed E-state index contributed by atoms with van der Waals surface area (Å²) < 4.78 is 17.1. The summed E-state index contributed by atoms with van der Waals surface area (Å²) in [5, 5.41) is 10.3. The number of halogens is 1. The van der Waals surface area contributed by atoms with E-state index in [2.05, 4.69) is 4.74 Å². The molecule has 0 atom stereocenters. The average molecular weight is 199 g/mol. The van der Waals surface area contributed by atoms with Gasteiger partial charge < -0.3 is 4.74 Å². The summed E-state index contributed by atoms with van der Waals surface area (Å²) in [7, 11) is 1.11. The third kappa shape index (κ3) is 2.03. The Morgan fingerprint density at radius 1 is 1.50 bits per heavy atom. The molecule has 0 heterocycles. The molecule has 0 aliphatic rings. The average Bonchev–Trinajstić information content (AvgIpc) is 2.15. The van der Waals surface area contributed by atoms with Gasteiger partial charge >= 0.3 is 5.97 Å². The lowest BCUT2D eigenvalue weighted by Crippen LogP contribution is -2.02. The number of nitro groups is 1. The van der Waals surface area contributed by atoms with Gasteiger partial charge in [-0.1, -0.05) is 0 Å². The number of non-ortho nitro benzene ring substituents is 1. The predicted molar refractivity (Wildman–Crippen MR) is 44.4 cm³/mol. The number of nitrogens with zero attached hydrogens (tertiary/aromatic N) is 1. The normalized spacial score (nSPS) is 9.57. The molecular formula is C8H6FNO4. The van der Waals surface area contributed by atoms with Crippen molar-refractivity contribution in [2.75, 3.05) is 7.11 Å². The molecule has 5 nitrogen and oxygen atoms in total. The summed E-state index contributed by atoms with van der Waals surface area (Å²) in [5.74, 6) is -1.66. The summed E-state index contributed by atoms with van der Waals surface area (Å²) >= 11 is 0. The van der Waals surface area contributed by atoms with Crippen LogP contribution >= 0.6 is 0 Å². The van der Waals surface area contributed by atoms with E-state index in [-0.39, 0.29) is 5.56 Å². The van der Waals surface area contributed by atoms with Gasteiger partial charge in [0, 0.05) is 6.07 Å². The van der Waals surface area contributed by atoms with E-state index < -0.39 is 22.4 Å². The molecular weight excluding hydrogens is 193 g/mol. The maximum Gasteiger partial charge on any atom is 0.338 e. The lowest BCUT2D eigenvalue weighted by atomic mass is 10.2. The number of hydrogen-bond acceptors (Lipinski definition) is 4. The van der Waals surface area contributed by atoms with Crippen LogP contribution in [-0.4, -0.2) is 18.0 Å². The number of benzene rings is 1. The predicted octanol–water partition coefficient (Wildman–Crippen LogP) is 1.52. The Balaban J connectivity index is 3.20. The first-order valence-electron chi connectivity index (χ1n) is 3.58. The first-order chi connectivity index (χ1) is 6.54. The number of esters is 1. The van der Waals surface area contributed by atoms with Crippen molar-refractivity contribution in [3.63, 3.8) is 0 Å². The number of ether oxygens (including phenoxy) is 1. The van der Waals surface area contributed by atoms with Crippen molar-refractivity contribution in [2.45, 2.75) is 0 Å². The summed E-state index contributed by atoms with van der Waals surface area (Å²) in [6, 6.07) is 2.56. The molecule has 0 unspecified atom stereocenters. The van der Waals surface area contributed by atoms with E-state index in [1.807, 2.05) is 0 Å². The topological polar surface area (TPSA) is 69.4 Å². The van der Waals surface area contributed by atoms with E-state index >= 15 is 0 Å². The van der Waals surface area contributed by atoms with Crippen molar-refractivity contribution in [3.8, 4) is 0 Å². The van der Waals surface area contributed by atoms with Crippen molar-refractivity contribution >= 4 is 11.7 Å². The number of hydrogen-bond donors (Lipinski definition) is 0. The largest absolute Gasteiger partial charge is 0.465 e. The molecule has 1 rings (SSSR count). The fraction of sp³-hybridized carbons (Fsp3) is 0.125. The minimum Gasteiger partial charge on any atom is -0.465 e. The van der Waals surface area contributed by atoms with Crippen LogP contribution in [0.5, 0.6) is 0 Å². The Bertz CT molecular complexity index is 391. The van der Waals surface area contributed by atoms with Crippen LogP contribution in [-0.2, 0) is 4.74 Å². The maximum absolute atomic E-state index is 12.8. The van der Waals surface area contributed by atoms with Crippen molar-refractivity contribution in [3.05, 3.63) is 39.7 Å². The number of carbonyl (C=O) groups is 1. The Kier molecular flexibility index (Phi) is 2.76. The minimum absolute atomic E-state index is 0.181. The monoisotopic (exact) mass is 199 g/mol.